The molecular formula is C64H76BF20N. The zero-order valence-electron chi connectivity index (χ0n) is 49.6. The molecule has 0 aliphatic carbocycles. The second kappa shape index (κ2) is 35.7. The Balaban J connectivity index is 0.000000374. The quantitative estimate of drug-likeness (QED) is 0.00936. The SMILES string of the molecule is Fc1c(F)c(F)c([B-](c2c(F)c(F)c(F)c(F)c2F)(c2c(F)c(F)c(F)c(F)c2F)c2c(F)c(F)c(F)c(F)c2F)c(F)c1F.[2H]C[N+](CCCCCCCCCCCCCC)(CCCCCCCCCCCCCCCCCCC)c1ccccc1. The summed E-state index contributed by atoms with van der Waals surface area (Å²) in [5.74, 6) is -71.4. The standard InChI is InChI=1S/C40H76N.C24BF20/c1-4-6-8-10-12-14-16-18-19-20-21-22-24-26-28-30-35-39-41(3,40-36-32-31-33-37-40)38-34-29-27-25-23-17-15-13-11-9-7-5-2;26-5-1(6(27)14(35)21(42)13(5)34)25(2-7(28)15(36)22(43)16(37)8(2)29,3-9(30)17(38)23(44)18(39)10(3)31)4-11(32)19(40)24(45)20(41)12(4)33/h31-33,36-37H,4-30,34-35,38-39H2,1-3H3;/q+1;-1/i3D;. The summed E-state index contributed by atoms with van der Waals surface area (Å²) in [5.41, 5.74) is -13.0. The minimum absolute atomic E-state index is 0.487. The van der Waals surface area contributed by atoms with Crippen molar-refractivity contribution in [1.82, 2.24) is 4.48 Å². The number of para-hydroxylation sites is 1. The third-order valence-electron chi connectivity index (χ3n) is 16.1. The van der Waals surface area contributed by atoms with Crippen molar-refractivity contribution in [2.24, 2.45) is 0 Å². The Morgan fingerprint density at radius 3 is 0.616 bits per heavy atom. The first-order valence-electron chi connectivity index (χ1n) is 30.6. The smallest absolute Gasteiger partial charge is 0.200 e. The van der Waals surface area contributed by atoms with Crippen molar-refractivity contribution in [3.63, 3.8) is 0 Å². The molecule has 22 heteroatoms. The minimum Gasteiger partial charge on any atom is -0.294 e. The fraction of sp³-hybridized carbons (Fsp3) is 0.531. The van der Waals surface area contributed by atoms with Gasteiger partial charge in [-0.1, -0.05) is 193 Å². The van der Waals surface area contributed by atoms with Crippen LogP contribution in [0.25, 0.3) is 0 Å². The highest BCUT2D eigenvalue weighted by atomic mass is 19.2. The number of rotatable bonds is 36. The lowest BCUT2D eigenvalue weighted by Gasteiger charge is -2.44. The van der Waals surface area contributed by atoms with Gasteiger partial charge in [-0.2, -0.15) is 0 Å². The van der Waals surface area contributed by atoms with Gasteiger partial charge in [-0.25, -0.2) is 87.8 Å². The fourth-order valence-corrected chi connectivity index (χ4v) is 11.4. The van der Waals surface area contributed by atoms with Gasteiger partial charge >= 0.3 is 0 Å². The molecule has 5 aromatic rings. The monoisotopic (exact) mass is 1250 g/mol. The van der Waals surface area contributed by atoms with Crippen LogP contribution in [0.3, 0.4) is 0 Å². The van der Waals surface area contributed by atoms with Crippen LogP contribution in [0.5, 0.6) is 0 Å². The molecule has 0 heterocycles. The van der Waals surface area contributed by atoms with Crippen molar-refractivity contribution in [1.29, 1.82) is 0 Å². The molecule has 0 spiro atoms. The molecular weight excluding hydrogens is 1170 g/mol. The molecule has 0 saturated heterocycles. The summed E-state index contributed by atoms with van der Waals surface area (Å²) in [6.45, 7) is 6.89. The van der Waals surface area contributed by atoms with Crippen LogP contribution >= 0.6 is 0 Å². The molecule has 0 aromatic heterocycles. The number of hydrogen-bond donors (Lipinski definition) is 0. The Morgan fingerprint density at radius 2 is 0.430 bits per heavy atom. The van der Waals surface area contributed by atoms with E-state index in [1.807, 2.05) is 0 Å². The first-order chi connectivity index (χ1) is 41.5. The predicted molar refractivity (Wildman–Crippen MR) is 298 cm³/mol. The maximum atomic E-state index is 15.4. The van der Waals surface area contributed by atoms with Gasteiger partial charge in [-0.05, 0) is 37.8 Å². The Hall–Kier alpha value is -5.28. The highest BCUT2D eigenvalue weighted by Gasteiger charge is 2.52. The molecule has 0 aliphatic rings. The number of nitrogens with zero attached hydrogens (tertiary/aromatic N) is 1. The van der Waals surface area contributed by atoms with E-state index in [0.717, 1.165) is 17.6 Å². The summed E-state index contributed by atoms with van der Waals surface area (Å²) in [6, 6.07) is 11.0. The summed E-state index contributed by atoms with van der Waals surface area (Å²) in [6.07, 6.45) is 33.7. The van der Waals surface area contributed by atoms with Gasteiger partial charge in [0.15, 0.2) is 69.8 Å². The van der Waals surface area contributed by atoms with E-state index in [2.05, 4.69) is 44.2 Å². The number of unbranched alkanes of at least 4 members (excludes halogenated alkanes) is 27. The first-order valence-corrected chi connectivity index (χ1v) is 29.9. The van der Waals surface area contributed by atoms with Crippen LogP contribution in [0.1, 0.15) is 201 Å². The Bertz CT molecular complexity index is 2580. The van der Waals surface area contributed by atoms with Crippen LogP contribution in [0.4, 0.5) is 93.5 Å². The molecule has 86 heavy (non-hydrogen) atoms. The minimum atomic E-state index is -7.22. The number of halogens is 20. The maximum Gasteiger partial charge on any atom is 0.200 e. The van der Waals surface area contributed by atoms with E-state index in [0.29, 0.717) is 7.02 Å². The molecule has 5 aromatic carbocycles. The predicted octanol–water partition coefficient (Wildman–Crippen LogP) is 19.8. The maximum absolute atomic E-state index is 15.4. The van der Waals surface area contributed by atoms with Crippen LogP contribution in [0.2, 0.25) is 0 Å². The van der Waals surface area contributed by atoms with Gasteiger partial charge in [0.2, 0.25) is 0 Å². The first kappa shape index (κ1) is 71.5. The molecule has 0 radical (unpaired) electrons. The molecule has 0 aliphatic heterocycles. The molecule has 0 saturated carbocycles. The van der Waals surface area contributed by atoms with Crippen LogP contribution in [0.15, 0.2) is 30.3 Å². The average molecular weight is 1250 g/mol. The summed E-state index contributed by atoms with van der Waals surface area (Å²) in [7, 11) is 0.487. The zero-order valence-corrected chi connectivity index (χ0v) is 48.6. The van der Waals surface area contributed by atoms with Crippen molar-refractivity contribution < 1.29 is 89.2 Å². The van der Waals surface area contributed by atoms with E-state index in [1.165, 1.54) is 192 Å². The van der Waals surface area contributed by atoms with Gasteiger partial charge in [-0.15, -0.1) is 21.9 Å². The van der Waals surface area contributed by atoms with Gasteiger partial charge in [0.05, 0.1) is 21.5 Å². The van der Waals surface area contributed by atoms with E-state index in [-0.39, 0.29) is 0 Å². The summed E-state index contributed by atoms with van der Waals surface area (Å²) in [4.78, 5) is 0. The van der Waals surface area contributed by atoms with Crippen LogP contribution in [-0.2, 0) is 0 Å². The van der Waals surface area contributed by atoms with Crippen molar-refractivity contribution in [2.75, 3.05) is 20.1 Å². The molecule has 5 rings (SSSR count). The largest absolute Gasteiger partial charge is 0.294 e. The van der Waals surface area contributed by atoms with E-state index in [1.54, 1.807) is 0 Å². The second-order valence-corrected chi connectivity index (χ2v) is 22.3. The van der Waals surface area contributed by atoms with E-state index in [9.17, 15) is 52.7 Å². The Morgan fingerprint density at radius 1 is 0.256 bits per heavy atom. The average Bonchev–Trinajstić information content (AvgIpc) is 0.701. The molecule has 1 atom stereocenters. The normalized spacial score (nSPS) is 12.7. The zero-order chi connectivity index (χ0) is 64.6. The molecule has 0 fully saturated rings. The third-order valence-corrected chi connectivity index (χ3v) is 16.1. The lowest BCUT2D eigenvalue weighted by molar-refractivity contribution is 0.310. The number of benzene rings is 5. The van der Waals surface area contributed by atoms with Gasteiger partial charge in [0.25, 0.3) is 0 Å². The number of quaternary nitrogens is 1. The van der Waals surface area contributed by atoms with Crippen molar-refractivity contribution in [3.05, 3.63) is 147 Å². The van der Waals surface area contributed by atoms with Gasteiger partial charge < -0.3 is 0 Å². The molecule has 480 valence electrons. The van der Waals surface area contributed by atoms with Gasteiger partial charge in [0.1, 0.15) is 58.4 Å². The van der Waals surface area contributed by atoms with Crippen LogP contribution in [-0.4, -0.2) is 26.3 Å². The molecule has 0 bridgehead atoms. The van der Waals surface area contributed by atoms with Crippen molar-refractivity contribution >= 4 is 33.7 Å². The Labute approximate surface area is 492 Å². The van der Waals surface area contributed by atoms with Gasteiger partial charge in [-0.3, -0.25) is 4.48 Å². The lowest BCUT2D eigenvalue weighted by atomic mass is 9.12. The highest BCUT2D eigenvalue weighted by molar-refractivity contribution is 7.20. The topological polar surface area (TPSA) is 0 Å². The van der Waals surface area contributed by atoms with Gasteiger partial charge in [0, 0.05) is 0 Å². The fourth-order valence-electron chi connectivity index (χ4n) is 11.4. The second-order valence-electron chi connectivity index (χ2n) is 22.3. The van der Waals surface area contributed by atoms with E-state index in [4.69, 9.17) is 1.37 Å². The molecule has 0 N–H and O–H groups in total. The third kappa shape index (κ3) is 17.7. The van der Waals surface area contributed by atoms with E-state index < -0.39 is 144 Å². The van der Waals surface area contributed by atoms with Crippen molar-refractivity contribution in [2.45, 2.75) is 200 Å². The summed E-state index contributed by atoms with van der Waals surface area (Å²) >= 11 is 0. The molecule has 1 unspecified atom stereocenters. The van der Waals surface area contributed by atoms with Crippen molar-refractivity contribution in [3.8, 4) is 0 Å². The number of hydrogen-bond acceptors (Lipinski definition) is 0. The van der Waals surface area contributed by atoms with E-state index >= 15 is 35.1 Å². The lowest BCUT2D eigenvalue weighted by Crippen LogP contribution is -2.81. The Kier molecular flexibility index (Phi) is 29.6. The summed E-state index contributed by atoms with van der Waals surface area (Å²) < 4.78 is 303. The molecule has 0 amide bonds. The highest BCUT2D eigenvalue weighted by Crippen LogP contribution is 2.32. The molecule has 1 nitrogen and oxygen atoms in total. The van der Waals surface area contributed by atoms with Crippen LogP contribution in [0, 0.1) is 116 Å². The van der Waals surface area contributed by atoms with Crippen LogP contribution < -0.4 is 26.3 Å². The summed E-state index contributed by atoms with van der Waals surface area (Å²) in [5, 5.41) is 0.